The van der Waals surface area contributed by atoms with Gasteiger partial charge in [-0.15, -0.1) is 4.40 Å². The summed E-state index contributed by atoms with van der Waals surface area (Å²) in [5.41, 5.74) is 5.17. The van der Waals surface area contributed by atoms with E-state index in [1.165, 1.54) is 19.2 Å². The first-order chi connectivity index (χ1) is 6.95. The maximum Gasteiger partial charge on any atom is 0.297 e. The minimum absolute atomic E-state index is 0.0608. The van der Waals surface area contributed by atoms with Gasteiger partial charge in [0.2, 0.25) is 0 Å². The zero-order chi connectivity index (χ0) is 11.5. The highest BCUT2D eigenvalue weighted by Crippen LogP contribution is 2.16. The molecule has 0 aliphatic heterocycles. The largest absolute Gasteiger partial charge is 0.468 e. The number of nitrogens with zero attached hydrogens (tertiary/aromatic N) is 1. The molecule has 0 amide bonds. The Hall–Kier alpha value is -1.08. The van der Waals surface area contributed by atoms with E-state index in [9.17, 15) is 8.42 Å². The molecule has 0 aliphatic rings. The van der Waals surface area contributed by atoms with Crippen molar-refractivity contribution >= 4 is 32.0 Å². The third kappa shape index (κ3) is 3.21. The molecule has 0 spiro atoms. The minimum atomic E-state index is -3.77. The molecular weight excluding hydrogens is 284 g/mol. The first-order valence-electron chi connectivity index (χ1n) is 3.86. The van der Waals surface area contributed by atoms with Gasteiger partial charge in [-0.1, -0.05) is 15.9 Å². The molecule has 5 nitrogen and oxygen atoms in total. The standard InChI is InChI=1S/C8H9BrN2O3S/c1-14-8(10)11-15(12,13)7-4-2-6(9)3-5-7/h2-5H,1H3,(H2,10,11). The van der Waals surface area contributed by atoms with Gasteiger partial charge in [-0.05, 0) is 24.3 Å². The summed E-state index contributed by atoms with van der Waals surface area (Å²) in [6, 6.07) is 5.66. The van der Waals surface area contributed by atoms with E-state index < -0.39 is 16.0 Å². The number of methoxy groups -OCH3 is 1. The molecule has 0 saturated carbocycles. The quantitative estimate of drug-likeness (QED) is 0.654. The van der Waals surface area contributed by atoms with E-state index in [0.29, 0.717) is 0 Å². The zero-order valence-electron chi connectivity index (χ0n) is 7.84. The van der Waals surface area contributed by atoms with Gasteiger partial charge in [0, 0.05) is 4.47 Å². The van der Waals surface area contributed by atoms with Gasteiger partial charge in [0.05, 0.1) is 12.0 Å². The van der Waals surface area contributed by atoms with E-state index in [4.69, 9.17) is 5.73 Å². The van der Waals surface area contributed by atoms with Crippen molar-refractivity contribution in [1.82, 2.24) is 0 Å². The number of amidine groups is 1. The number of nitrogens with two attached hydrogens (primary N) is 1. The summed E-state index contributed by atoms with van der Waals surface area (Å²) < 4.78 is 31.6. The fraction of sp³-hybridized carbons (Fsp3) is 0.125. The van der Waals surface area contributed by atoms with Gasteiger partial charge in [0.25, 0.3) is 16.0 Å². The lowest BCUT2D eigenvalue weighted by molar-refractivity contribution is 0.397. The average Bonchev–Trinajstić information content (AvgIpc) is 2.17. The average molecular weight is 293 g/mol. The molecule has 1 rings (SSSR count). The van der Waals surface area contributed by atoms with Crippen LogP contribution in [0.15, 0.2) is 38.0 Å². The van der Waals surface area contributed by atoms with E-state index in [0.717, 1.165) is 4.47 Å². The summed E-state index contributed by atoms with van der Waals surface area (Å²) in [6.07, 6.45) is 0. The first kappa shape index (κ1) is 12.0. The molecule has 0 fully saturated rings. The third-order valence-electron chi connectivity index (χ3n) is 1.53. The highest BCUT2D eigenvalue weighted by atomic mass is 79.9. The molecule has 82 valence electrons. The molecule has 1 aromatic carbocycles. The Morgan fingerprint density at radius 3 is 2.40 bits per heavy atom. The summed E-state index contributed by atoms with van der Waals surface area (Å²) in [5, 5.41) is 0. The molecule has 15 heavy (non-hydrogen) atoms. The number of benzene rings is 1. The molecule has 0 saturated heterocycles. The first-order valence-corrected chi connectivity index (χ1v) is 6.09. The molecular formula is C8H9BrN2O3S. The van der Waals surface area contributed by atoms with Crippen molar-refractivity contribution < 1.29 is 13.2 Å². The van der Waals surface area contributed by atoms with Gasteiger partial charge in [0.1, 0.15) is 0 Å². The van der Waals surface area contributed by atoms with E-state index in [1.54, 1.807) is 12.1 Å². The Morgan fingerprint density at radius 1 is 1.40 bits per heavy atom. The second-order valence-electron chi connectivity index (χ2n) is 2.56. The smallest absolute Gasteiger partial charge is 0.297 e. The highest BCUT2D eigenvalue weighted by Gasteiger charge is 2.13. The van der Waals surface area contributed by atoms with Crippen LogP contribution in [0.1, 0.15) is 0 Å². The molecule has 0 unspecified atom stereocenters. The van der Waals surface area contributed by atoms with Crippen LogP contribution in [0.25, 0.3) is 0 Å². The number of hydrogen-bond acceptors (Lipinski definition) is 3. The normalized spacial score (nSPS) is 12.5. The summed E-state index contributed by atoms with van der Waals surface area (Å²) in [5.74, 6) is 0. The van der Waals surface area contributed by atoms with Crippen molar-refractivity contribution in [2.45, 2.75) is 4.90 Å². The van der Waals surface area contributed by atoms with Crippen LogP contribution in [-0.4, -0.2) is 21.5 Å². The molecule has 7 heteroatoms. The number of rotatable bonds is 2. The molecule has 0 radical (unpaired) electrons. The summed E-state index contributed by atoms with van der Waals surface area (Å²) >= 11 is 3.20. The minimum Gasteiger partial charge on any atom is -0.468 e. The van der Waals surface area contributed by atoms with Gasteiger partial charge in [-0.25, -0.2) is 0 Å². The molecule has 0 atom stereocenters. The number of ether oxygens (including phenoxy) is 1. The molecule has 1 aromatic rings. The van der Waals surface area contributed by atoms with Crippen LogP contribution in [0.4, 0.5) is 0 Å². The van der Waals surface area contributed by atoms with Gasteiger partial charge in [-0.3, -0.25) is 0 Å². The van der Waals surface area contributed by atoms with Gasteiger partial charge >= 0.3 is 0 Å². The summed E-state index contributed by atoms with van der Waals surface area (Å²) in [7, 11) is -2.53. The number of sulfonamides is 1. The molecule has 0 bridgehead atoms. The number of halogens is 1. The Kier molecular flexibility index (Phi) is 3.70. The summed E-state index contributed by atoms with van der Waals surface area (Å²) in [6.45, 7) is 0. The highest BCUT2D eigenvalue weighted by molar-refractivity contribution is 9.10. The van der Waals surface area contributed by atoms with Crippen molar-refractivity contribution in [3.63, 3.8) is 0 Å². The van der Waals surface area contributed by atoms with Crippen LogP contribution in [0, 0.1) is 0 Å². The van der Waals surface area contributed by atoms with Gasteiger partial charge in [0.15, 0.2) is 0 Å². The topological polar surface area (TPSA) is 81.8 Å². The summed E-state index contributed by atoms with van der Waals surface area (Å²) in [4.78, 5) is 0.0608. The van der Waals surface area contributed by atoms with Crippen molar-refractivity contribution in [1.29, 1.82) is 0 Å². The Labute approximate surface area is 96.1 Å². The molecule has 2 N–H and O–H groups in total. The van der Waals surface area contributed by atoms with Crippen LogP contribution >= 0.6 is 15.9 Å². The molecule has 0 aliphatic carbocycles. The van der Waals surface area contributed by atoms with E-state index in [-0.39, 0.29) is 4.90 Å². The molecule has 0 aromatic heterocycles. The second-order valence-corrected chi connectivity index (χ2v) is 5.08. The fourth-order valence-corrected chi connectivity index (χ4v) is 1.98. The van der Waals surface area contributed by atoms with Crippen molar-refractivity contribution in [2.24, 2.45) is 10.1 Å². The predicted molar refractivity (Wildman–Crippen MR) is 60.0 cm³/mol. The Morgan fingerprint density at radius 2 is 1.93 bits per heavy atom. The van der Waals surface area contributed by atoms with Crippen LogP contribution in [0.3, 0.4) is 0 Å². The molecule has 0 heterocycles. The monoisotopic (exact) mass is 292 g/mol. The number of hydrogen-bond donors (Lipinski definition) is 1. The zero-order valence-corrected chi connectivity index (χ0v) is 10.2. The lowest BCUT2D eigenvalue weighted by atomic mass is 10.4. The maximum absolute atomic E-state index is 11.5. The van der Waals surface area contributed by atoms with E-state index in [1.807, 2.05) is 0 Å². The van der Waals surface area contributed by atoms with Gasteiger partial charge < -0.3 is 10.5 Å². The third-order valence-corrected chi connectivity index (χ3v) is 3.35. The van der Waals surface area contributed by atoms with Crippen LogP contribution in [0.5, 0.6) is 0 Å². The fourth-order valence-electron chi connectivity index (χ4n) is 0.815. The van der Waals surface area contributed by atoms with Gasteiger partial charge in [-0.2, -0.15) is 8.42 Å². The lowest BCUT2D eigenvalue weighted by Crippen LogP contribution is -2.16. The van der Waals surface area contributed by atoms with Crippen molar-refractivity contribution in [2.75, 3.05) is 7.11 Å². The Bertz CT molecular complexity index is 467. The van der Waals surface area contributed by atoms with E-state index in [2.05, 4.69) is 25.1 Å². The van der Waals surface area contributed by atoms with Crippen molar-refractivity contribution in [3.05, 3.63) is 28.7 Å². The second kappa shape index (κ2) is 4.63. The maximum atomic E-state index is 11.5. The Balaban J connectivity index is 3.13. The van der Waals surface area contributed by atoms with E-state index >= 15 is 0 Å². The van der Waals surface area contributed by atoms with Crippen LogP contribution in [0.2, 0.25) is 0 Å². The van der Waals surface area contributed by atoms with Crippen LogP contribution < -0.4 is 5.73 Å². The van der Waals surface area contributed by atoms with Crippen molar-refractivity contribution in [3.8, 4) is 0 Å². The van der Waals surface area contributed by atoms with Crippen LogP contribution in [-0.2, 0) is 14.8 Å². The lowest BCUT2D eigenvalue weighted by Gasteiger charge is -2.00. The predicted octanol–water partition coefficient (Wildman–Crippen LogP) is 1.10. The SMILES string of the molecule is COC(N)=NS(=O)(=O)c1ccc(Br)cc1.